The summed E-state index contributed by atoms with van der Waals surface area (Å²) in [6, 6.07) is 8.05. The van der Waals surface area contributed by atoms with Crippen LogP contribution in [0.5, 0.6) is 0 Å². The lowest BCUT2D eigenvalue weighted by Crippen LogP contribution is -2.45. The predicted molar refractivity (Wildman–Crippen MR) is 89.4 cm³/mol. The van der Waals surface area contributed by atoms with Crippen molar-refractivity contribution in [3.05, 3.63) is 29.8 Å². The second kappa shape index (κ2) is 7.43. The fourth-order valence-corrected chi connectivity index (χ4v) is 3.21. The summed E-state index contributed by atoms with van der Waals surface area (Å²) < 4.78 is 11.4. The highest BCUT2D eigenvalue weighted by atomic mass is 16.7. The second-order valence-corrected chi connectivity index (χ2v) is 6.30. The molecule has 23 heavy (non-hydrogen) atoms. The van der Waals surface area contributed by atoms with Gasteiger partial charge >= 0.3 is 0 Å². The van der Waals surface area contributed by atoms with Gasteiger partial charge in [-0.25, -0.2) is 0 Å². The van der Waals surface area contributed by atoms with E-state index in [0.29, 0.717) is 19.6 Å². The van der Waals surface area contributed by atoms with Crippen LogP contribution in [0.4, 0.5) is 5.69 Å². The topological polar surface area (TPSA) is 50.8 Å². The van der Waals surface area contributed by atoms with Crippen molar-refractivity contribution in [1.29, 1.82) is 0 Å². The Kier molecular flexibility index (Phi) is 5.30. The molecule has 1 amide bonds. The molecular weight excluding hydrogens is 292 g/mol. The van der Waals surface area contributed by atoms with Gasteiger partial charge in [0.05, 0.1) is 13.2 Å². The smallest absolute Gasteiger partial charge is 0.225 e. The average Bonchev–Trinajstić information content (AvgIpc) is 3.03. The van der Waals surface area contributed by atoms with E-state index in [-0.39, 0.29) is 11.7 Å². The molecule has 0 radical (unpaired) electrons. The number of likely N-dealkylation sites (tertiary alicyclic amines) is 1. The molecule has 126 valence electrons. The number of nitrogens with one attached hydrogen (secondary N) is 1. The molecule has 1 aromatic carbocycles. The summed E-state index contributed by atoms with van der Waals surface area (Å²) in [5, 5.41) is 2.97. The van der Waals surface area contributed by atoms with Crippen molar-refractivity contribution in [2.75, 3.05) is 38.2 Å². The molecule has 0 atom stereocenters. The SMILES string of the molecule is CCc1ccc(NC(=O)CCN2CCC3(CC2)OCCO3)cc1. The maximum absolute atomic E-state index is 12.1. The average molecular weight is 318 g/mol. The second-order valence-electron chi connectivity index (χ2n) is 6.30. The standard InChI is InChI=1S/C18H26N2O3/c1-2-15-3-5-16(6-4-15)19-17(21)7-10-20-11-8-18(9-12-20)22-13-14-23-18/h3-6H,2,7-14H2,1H3,(H,19,21). The van der Waals surface area contributed by atoms with Gasteiger partial charge in [-0.05, 0) is 24.1 Å². The summed E-state index contributed by atoms with van der Waals surface area (Å²) in [5.41, 5.74) is 2.15. The van der Waals surface area contributed by atoms with Gasteiger partial charge in [0.15, 0.2) is 5.79 Å². The van der Waals surface area contributed by atoms with E-state index in [9.17, 15) is 4.79 Å². The first-order chi connectivity index (χ1) is 11.2. The van der Waals surface area contributed by atoms with E-state index in [1.165, 1.54) is 5.56 Å². The van der Waals surface area contributed by atoms with E-state index >= 15 is 0 Å². The van der Waals surface area contributed by atoms with Gasteiger partial charge in [-0.1, -0.05) is 19.1 Å². The van der Waals surface area contributed by atoms with Crippen LogP contribution in [0.3, 0.4) is 0 Å². The molecule has 1 spiro atoms. The molecule has 0 saturated carbocycles. The van der Waals surface area contributed by atoms with Gasteiger partial charge in [-0.2, -0.15) is 0 Å². The number of piperidine rings is 1. The van der Waals surface area contributed by atoms with Gasteiger partial charge < -0.3 is 19.7 Å². The molecule has 0 aliphatic carbocycles. The summed E-state index contributed by atoms with van der Waals surface area (Å²) in [4.78, 5) is 14.4. The van der Waals surface area contributed by atoms with Crippen LogP contribution in [0, 0.1) is 0 Å². The summed E-state index contributed by atoms with van der Waals surface area (Å²) in [7, 11) is 0. The molecule has 1 N–H and O–H groups in total. The molecule has 2 aliphatic rings. The monoisotopic (exact) mass is 318 g/mol. The zero-order valence-corrected chi connectivity index (χ0v) is 13.8. The number of rotatable bonds is 5. The number of amides is 1. The van der Waals surface area contributed by atoms with Crippen molar-refractivity contribution in [3.63, 3.8) is 0 Å². The number of anilines is 1. The van der Waals surface area contributed by atoms with Crippen molar-refractivity contribution in [1.82, 2.24) is 4.90 Å². The molecule has 5 heteroatoms. The largest absolute Gasteiger partial charge is 0.347 e. The Morgan fingerprint density at radius 3 is 2.43 bits per heavy atom. The Labute approximate surface area is 137 Å². The Bertz CT molecular complexity index is 514. The fourth-order valence-electron chi connectivity index (χ4n) is 3.21. The lowest BCUT2D eigenvalue weighted by atomic mass is 10.0. The number of nitrogens with zero attached hydrogens (tertiary/aromatic N) is 1. The summed E-state index contributed by atoms with van der Waals surface area (Å²) in [6.45, 7) is 6.18. The van der Waals surface area contributed by atoms with Crippen LogP contribution in [0.2, 0.25) is 0 Å². The number of ether oxygens (including phenoxy) is 2. The Morgan fingerprint density at radius 1 is 1.17 bits per heavy atom. The third-order valence-corrected chi connectivity index (χ3v) is 4.73. The molecule has 0 unspecified atom stereocenters. The molecule has 5 nitrogen and oxygen atoms in total. The van der Waals surface area contributed by atoms with Crippen molar-refractivity contribution in [2.45, 2.75) is 38.4 Å². The van der Waals surface area contributed by atoms with Gasteiger partial charge in [0, 0.05) is 44.6 Å². The van der Waals surface area contributed by atoms with Crippen LogP contribution >= 0.6 is 0 Å². The fraction of sp³-hybridized carbons (Fsp3) is 0.611. The molecule has 2 heterocycles. The van der Waals surface area contributed by atoms with Crippen LogP contribution in [0.25, 0.3) is 0 Å². The number of carbonyl (C=O) groups excluding carboxylic acids is 1. The van der Waals surface area contributed by atoms with Gasteiger partial charge in [0.1, 0.15) is 0 Å². The number of benzene rings is 1. The Hall–Kier alpha value is -1.43. The number of aryl methyl sites for hydroxylation is 1. The van der Waals surface area contributed by atoms with Crippen LogP contribution in [-0.4, -0.2) is 49.4 Å². The minimum Gasteiger partial charge on any atom is -0.347 e. The lowest BCUT2D eigenvalue weighted by molar-refractivity contribution is -0.185. The predicted octanol–water partition coefficient (Wildman–Crippen LogP) is 2.42. The lowest BCUT2D eigenvalue weighted by Gasteiger charge is -2.37. The number of hydrogen-bond donors (Lipinski definition) is 1. The Balaban J connectivity index is 1.39. The summed E-state index contributed by atoms with van der Waals surface area (Å²) in [6.07, 6.45) is 3.32. The highest BCUT2D eigenvalue weighted by molar-refractivity contribution is 5.90. The molecule has 3 rings (SSSR count). The van der Waals surface area contributed by atoms with E-state index in [1.807, 2.05) is 12.1 Å². The van der Waals surface area contributed by atoms with Gasteiger partial charge in [-0.15, -0.1) is 0 Å². The quantitative estimate of drug-likeness (QED) is 0.906. The molecule has 0 aromatic heterocycles. The zero-order chi connectivity index (χ0) is 16.1. The maximum Gasteiger partial charge on any atom is 0.225 e. The highest BCUT2D eigenvalue weighted by Crippen LogP contribution is 2.31. The third-order valence-electron chi connectivity index (χ3n) is 4.73. The first-order valence-electron chi connectivity index (χ1n) is 8.58. The molecule has 2 saturated heterocycles. The normalized spacial score (nSPS) is 20.7. The molecular formula is C18H26N2O3. The van der Waals surface area contributed by atoms with E-state index < -0.39 is 0 Å². The molecule has 2 fully saturated rings. The minimum absolute atomic E-state index is 0.0721. The molecule has 1 aromatic rings. The van der Waals surface area contributed by atoms with Crippen LogP contribution in [0.15, 0.2) is 24.3 Å². The number of carbonyl (C=O) groups is 1. The molecule has 2 aliphatic heterocycles. The van der Waals surface area contributed by atoms with Crippen LogP contribution in [0.1, 0.15) is 31.7 Å². The Morgan fingerprint density at radius 2 is 1.83 bits per heavy atom. The summed E-state index contributed by atoms with van der Waals surface area (Å²) >= 11 is 0. The van der Waals surface area contributed by atoms with E-state index in [2.05, 4.69) is 29.3 Å². The van der Waals surface area contributed by atoms with Gasteiger partial charge in [-0.3, -0.25) is 4.79 Å². The molecule has 0 bridgehead atoms. The van der Waals surface area contributed by atoms with Gasteiger partial charge in [0.2, 0.25) is 5.91 Å². The minimum atomic E-state index is -0.334. The van der Waals surface area contributed by atoms with Crippen LogP contribution < -0.4 is 5.32 Å². The highest BCUT2D eigenvalue weighted by Gasteiger charge is 2.39. The van der Waals surface area contributed by atoms with E-state index in [1.54, 1.807) is 0 Å². The van der Waals surface area contributed by atoms with Crippen LogP contribution in [-0.2, 0) is 20.7 Å². The first-order valence-corrected chi connectivity index (χ1v) is 8.58. The van der Waals surface area contributed by atoms with Crippen molar-refractivity contribution < 1.29 is 14.3 Å². The number of hydrogen-bond acceptors (Lipinski definition) is 4. The van der Waals surface area contributed by atoms with Crippen molar-refractivity contribution >= 4 is 11.6 Å². The first kappa shape index (κ1) is 16.4. The maximum atomic E-state index is 12.1. The third kappa shape index (κ3) is 4.31. The van der Waals surface area contributed by atoms with E-state index in [0.717, 1.165) is 44.6 Å². The van der Waals surface area contributed by atoms with Gasteiger partial charge in [0.25, 0.3) is 0 Å². The summed E-state index contributed by atoms with van der Waals surface area (Å²) in [5.74, 6) is -0.261. The van der Waals surface area contributed by atoms with E-state index in [4.69, 9.17) is 9.47 Å². The zero-order valence-electron chi connectivity index (χ0n) is 13.8. The van der Waals surface area contributed by atoms with Crippen molar-refractivity contribution in [3.8, 4) is 0 Å². The van der Waals surface area contributed by atoms with Crippen molar-refractivity contribution in [2.24, 2.45) is 0 Å².